The maximum Gasteiger partial charge on any atom is 1.00 e. The van der Waals surface area contributed by atoms with Crippen LogP contribution in [0.2, 0.25) is 0 Å². The van der Waals surface area contributed by atoms with Crippen molar-refractivity contribution in [3.63, 3.8) is 0 Å². The third-order valence-electron chi connectivity index (χ3n) is 0.593. The number of ketones is 1. The SMILES string of the molecule is [Au+].[C-]#[N+]/C(=C/[S-])C(C)=O. The van der Waals surface area contributed by atoms with E-state index in [0.29, 0.717) is 0 Å². The van der Waals surface area contributed by atoms with Crippen LogP contribution in [0.25, 0.3) is 4.85 Å². The van der Waals surface area contributed by atoms with E-state index in [0.717, 1.165) is 5.41 Å². The first-order valence-electron chi connectivity index (χ1n) is 1.93. The molecule has 0 rings (SSSR count). The number of rotatable bonds is 1. The molecule has 0 bridgehead atoms. The Morgan fingerprint density at radius 1 is 1.78 bits per heavy atom. The van der Waals surface area contributed by atoms with Crippen LogP contribution in [-0.4, -0.2) is 5.78 Å². The summed E-state index contributed by atoms with van der Waals surface area (Å²) in [7, 11) is 0. The summed E-state index contributed by atoms with van der Waals surface area (Å²) >= 11 is 4.35. The predicted octanol–water partition coefficient (Wildman–Crippen LogP) is 0.880. The molecule has 0 aromatic carbocycles. The van der Waals surface area contributed by atoms with E-state index in [1.165, 1.54) is 6.92 Å². The second kappa shape index (κ2) is 5.99. The minimum absolute atomic E-state index is 0. The fourth-order valence-electron chi connectivity index (χ4n) is 0.188. The van der Waals surface area contributed by atoms with Crippen molar-refractivity contribution in [1.82, 2.24) is 0 Å². The third kappa shape index (κ3) is 4.37. The Morgan fingerprint density at radius 2 is 2.22 bits per heavy atom. The van der Waals surface area contributed by atoms with Gasteiger partial charge in [-0.05, 0) is 6.92 Å². The molecule has 0 amide bonds. The molecule has 52 valence electrons. The van der Waals surface area contributed by atoms with Crippen molar-refractivity contribution in [1.29, 1.82) is 0 Å². The molecular weight excluding hydrogens is 319 g/mol. The Hall–Kier alpha value is -0.140. The molecule has 0 saturated heterocycles. The van der Waals surface area contributed by atoms with Gasteiger partial charge in [0.25, 0.3) is 0 Å². The fourth-order valence-corrected chi connectivity index (χ4v) is 0.407. The zero-order valence-electron chi connectivity index (χ0n) is 4.64. The zero-order valence-corrected chi connectivity index (χ0v) is 7.63. The predicted molar refractivity (Wildman–Crippen MR) is 32.7 cm³/mol. The average Bonchev–Trinajstić information content (AvgIpc) is 1.69. The number of nitrogens with zero attached hydrogens (tertiary/aromatic N) is 1. The molecule has 0 aromatic heterocycles. The molecule has 0 saturated carbocycles. The number of hydrogen-bond acceptors (Lipinski definition) is 2. The van der Waals surface area contributed by atoms with Gasteiger partial charge in [0.15, 0.2) is 5.78 Å². The van der Waals surface area contributed by atoms with E-state index < -0.39 is 0 Å². The molecule has 9 heavy (non-hydrogen) atoms. The van der Waals surface area contributed by atoms with Crippen LogP contribution in [0.15, 0.2) is 11.1 Å². The molecule has 0 aliphatic rings. The van der Waals surface area contributed by atoms with Crippen LogP contribution in [0.1, 0.15) is 6.92 Å². The molecule has 0 fully saturated rings. The summed E-state index contributed by atoms with van der Waals surface area (Å²) in [6.45, 7) is 7.68. The van der Waals surface area contributed by atoms with Crippen LogP contribution in [0.4, 0.5) is 0 Å². The maximum absolute atomic E-state index is 10.3. The molecule has 0 radical (unpaired) electrons. The van der Waals surface area contributed by atoms with Gasteiger partial charge in [0, 0.05) is 0 Å². The quantitative estimate of drug-likeness (QED) is 0.309. The van der Waals surface area contributed by atoms with Gasteiger partial charge in [0.05, 0.1) is 6.57 Å². The van der Waals surface area contributed by atoms with Crippen molar-refractivity contribution in [2.75, 3.05) is 0 Å². The number of carbonyl (C=O) groups is 1. The maximum atomic E-state index is 10.3. The minimum Gasteiger partial charge on any atom is -0.799 e. The van der Waals surface area contributed by atoms with Crippen LogP contribution >= 0.6 is 0 Å². The van der Waals surface area contributed by atoms with Crippen molar-refractivity contribution < 1.29 is 27.2 Å². The van der Waals surface area contributed by atoms with E-state index in [9.17, 15) is 4.79 Å². The van der Waals surface area contributed by atoms with E-state index in [2.05, 4.69) is 17.5 Å². The summed E-state index contributed by atoms with van der Waals surface area (Å²) in [5.74, 6) is -0.269. The Labute approximate surface area is 75.1 Å². The van der Waals surface area contributed by atoms with Gasteiger partial charge in [0.2, 0.25) is 5.70 Å². The Morgan fingerprint density at radius 3 is 2.22 bits per heavy atom. The Balaban J connectivity index is 0. The van der Waals surface area contributed by atoms with Crippen molar-refractivity contribution in [3.05, 3.63) is 22.5 Å². The summed E-state index contributed by atoms with van der Waals surface area (Å²) < 4.78 is 0. The average molecular weight is 323 g/mol. The molecule has 0 unspecified atom stereocenters. The zero-order chi connectivity index (χ0) is 6.57. The largest absolute Gasteiger partial charge is 1.00 e. The van der Waals surface area contributed by atoms with E-state index in [4.69, 9.17) is 6.57 Å². The molecule has 0 N–H and O–H groups in total. The first kappa shape index (κ1) is 11.6. The van der Waals surface area contributed by atoms with Crippen molar-refractivity contribution in [2.45, 2.75) is 6.92 Å². The molecular formula is C5H4AuNOS. The van der Waals surface area contributed by atoms with Gasteiger partial charge in [-0.15, -0.1) is 0 Å². The van der Waals surface area contributed by atoms with E-state index in [1.54, 1.807) is 0 Å². The van der Waals surface area contributed by atoms with Crippen LogP contribution in [0.3, 0.4) is 0 Å². The normalized spacial score (nSPS) is 9.11. The molecule has 0 aliphatic heterocycles. The van der Waals surface area contributed by atoms with Gasteiger partial charge in [0.1, 0.15) is 0 Å². The summed E-state index contributed by atoms with van der Waals surface area (Å²) in [6.07, 6.45) is 0. The van der Waals surface area contributed by atoms with E-state index in [1.807, 2.05) is 0 Å². The van der Waals surface area contributed by atoms with Gasteiger partial charge in [-0.25, -0.2) is 10.3 Å². The standard InChI is InChI=1S/C5H5NOS.Au/c1-4(7)5(3-8)6-2;/h3,8H,1H3;/q;+1/p-1/b5-3+;. The van der Waals surface area contributed by atoms with Gasteiger partial charge >= 0.3 is 22.4 Å². The topological polar surface area (TPSA) is 21.4 Å². The van der Waals surface area contributed by atoms with Crippen molar-refractivity contribution in [3.8, 4) is 0 Å². The van der Waals surface area contributed by atoms with E-state index in [-0.39, 0.29) is 33.9 Å². The molecule has 0 aliphatic carbocycles. The van der Waals surface area contributed by atoms with Gasteiger partial charge in [-0.1, -0.05) is 0 Å². The smallest absolute Gasteiger partial charge is 0.799 e. The number of hydrogen-bond donors (Lipinski definition) is 0. The van der Waals surface area contributed by atoms with Crippen molar-refractivity contribution >= 4 is 18.4 Å². The molecule has 0 spiro atoms. The number of Topliss-reactive ketones (excluding diaryl/α,β-unsaturated/α-hetero) is 1. The minimum atomic E-state index is -0.269. The van der Waals surface area contributed by atoms with E-state index >= 15 is 0 Å². The summed E-state index contributed by atoms with van der Waals surface area (Å²) in [5, 5.41) is 1.09. The summed E-state index contributed by atoms with van der Waals surface area (Å²) in [6, 6.07) is 0. The second-order valence-electron chi connectivity index (χ2n) is 1.17. The third-order valence-corrected chi connectivity index (χ3v) is 0.816. The van der Waals surface area contributed by atoms with Gasteiger partial charge in [-0.2, -0.15) is 0 Å². The first-order chi connectivity index (χ1) is 3.72. The summed E-state index contributed by atoms with van der Waals surface area (Å²) in [5.41, 5.74) is 0.0278. The molecule has 0 atom stereocenters. The molecule has 0 aromatic rings. The van der Waals surface area contributed by atoms with Crippen molar-refractivity contribution in [2.24, 2.45) is 0 Å². The van der Waals surface area contributed by atoms with Gasteiger partial charge < -0.3 is 17.4 Å². The summed E-state index contributed by atoms with van der Waals surface area (Å²) in [4.78, 5) is 13.1. The van der Waals surface area contributed by atoms with Crippen LogP contribution in [0, 0.1) is 6.57 Å². The molecule has 0 heterocycles. The fraction of sp³-hybridized carbons (Fsp3) is 0.200. The number of carbonyl (C=O) groups excluding carboxylic acids is 1. The Kier molecular flexibility index (Phi) is 7.74. The van der Waals surface area contributed by atoms with Crippen LogP contribution < -0.4 is 0 Å². The van der Waals surface area contributed by atoms with Crippen LogP contribution in [0.5, 0.6) is 0 Å². The Bertz CT molecular complexity index is 170. The molecule has 2 nitrogen and oxygen atoms in total. The van der Waals surface area contributed by atoms with Crippen LogP contribution in [-0.2, 0) is 39.8 Å². The molecule has 4 heteroatoms. The second-order valence-corrected chi connectivity index (χ2v) is 1.41. The first-order valence-corrected chi connectivity index (χ1v) is 2.40. The monoisotopic (exact) mass is 323 g/mol. The number of allylic oxidation sites excluding steroid dienone is 1. The van der Waals surface area contributed by atoms with Gasteiger partial charge in [-0.3, -0.25) is 0 Å².